The smallest absolute Gasteiger partial charge is 0.287 e. The lowest BCUT2D eigenvalue weighted by Crippen LogP contribution is -2.33. The average molecular weight is 225 g/mol. The number of rotatable bonds is 3. The van der Waals surface area contributed by atoms with Crippen molar-refractivity contribution in [2.24, 2.45) is 5.92 Å². The molecule has 3 atom stereocenters. The third kappa shape index (κ3) is 2.25. The molecule has 1 aliphatic rings. The summed E-state index contributed by atoms with van der Waals surface area (Å²) in [4.78, 5) is 11.6. The average Bonchev–Trinajstić information content (AvgIpc) is 2.87. The number of aliphatic hydroxyl groups excluding tert-OH is 2. The van der Waals surface area contributed by atoms with Crippen LogP contribution in [0.2, 0.25) is 0 Å². The molecule has 0 radical (unpaired) electrons. The van der Waals surface area contributed by atoms with Crippen molar-refractivity contribution < 1.29 is 19.4 Å². The molecule has 88 valence electrons. The minimum absolute atomic E-state index is 0.0473. The molecule has 1 aromatic rings. The second-order valence-electron chi connectivity index (χ2n) is 4.13. The van der Waals surface area contributed by atoms with Crippen molar-refractivity contribution in [1.82, 2.24) is 5.32 Å². The number of nitrogens with one attached hydrogen (secondary N) is 1. The maximum Gasteiger partial charge on any atom is 0.287 e. The summed E-state index contributed by atoms with van der Waals surface area (Å²) in [5, 5.41) is 21.3. The summed E-state index contributed by atoms with van der Waals surface area (Å²) < 4.78 is 4.96. The van der Waals surface area contributed by atoms with E-state index in [0.29, 0.717) is 12.8 Å². The van der Waals surface area contributed by atoms with Crippen LogP contribution in [0.5, 0.6) is 0 Å². The summed E-state index contributed by atoms with van der Waals surface area (Å²) in [5.74, 6) is -0.148. The fraction of sp³-hybridized carbons (Fsp3) is 0.545. The quantitative estimate of drug-likeness (QED) is 0.683. The third-order valence-corrected chi connectivity index (χ3v) is 2.97. The normalized spacial score (nSPS) is 29.2. The minimum atomic E-state index is -0.535. The number of aliphatic hydroxyl groups is 2. The Kier molecular flexibility index (Phi) is 3.26. The second kappa shape index (κ2) is 4.67. The Morgan fingerprint density at radius 2 is 2.38 bits per heavy atom. The molecule has 3 N–H and O–H groups in total. The van der Waals surface area contributed by atoms with Crippen LogP contribution in [0.15, 0.2) is 22.8 Å². The Balaban J connectivity index is 1.90. The van der Waals surface area contributed by atoms with Crippen LogP contribution in [0.3, 0.4) is 0 Å². The minimum Gasteiger partial charge on any atom is -0.459 e. The van der Waals surface area contributed by atoms with Gasteiger partial charge in [0.05, 0.1) is 12.4 Å². The lowest BCUT2D eigenvalue weighted by atomic mass is 10.1. The van der Waals surface area contributed by atoms with Gasteiger partial charge in [0.1, 0.15) is 0 Å². The van der Waals surface area contributed by atoms with Crippen LogP contribution in [0.25, 0.3) is 0 Å². The number of carbonyl (C=O) groups excluding carboxylic acids is 1. The van der Waals surface area contributed by atoms with E-state index in [0.717, 1.165) is 0 Å². The van der Waals surface area contributed by atoms with E-state index in [1.807, 2.05) is 0 Å². The molecule has 1 saturated carbocycles. The molecule has 1 amide bonds. The topological polar surface area (TPSA) is 82.7 Å². The van der Waals surface area contributed by atoms with Crippen LogP contribution >= 0.6 is 0 Å². The molecular formula is C11H15NO4. The first-order valence-corrected chi connectivity index (χ1v) is 5.34. The van der Waals surface area contributed by atoms with Gasteiger partial charge in [-0.05, 0) is 25.0 Å². The van der Waals surface area contributed by atoms with Gasteiger partial charge in [-0.25, -0.2) is 0 Å². The number of carbonyl (C=O) groups is 1. The van der Waals surface area contributed by atoms with Gasteiger partial charge >= 0.3 is 0 Å². The molecule has 0 bridgehead atoms. The van der Waals surface area contributed by atoms with Gasteiger partial charge in [-0.2, -0.15) is 0 Å². The Morgan fingerprint density at radius 3 is 2.94 bits per heavy atom. The maximum atomic E-state index is 11.6. The summed E-state index contributed by atoms with van der Waals surface area (Å²) in [6.45, 7) is -0.0473. The van der Waals surface area contributed by atoms with E-state index >= 15 is 0 Å². The Bertz CT molecular complexity index is 349. The van der Waals surface area contributed by atoms with Crippen LogP contribution in [0, 0.1) is 5.92 Å². The highest BCUT2D eigenvalue weighted by Gasteiger charge is 2.33. The van der Waals surface area contributed by atoms with Gasteiger partial charge in [-0.3, -0.25) is 4.79 Å². The molecule has 0 unspecified atom stereocenters. The first-order valence-electron chi connectivity index (χ1n) is 5.34. The van der Waals surface area contributed by atoms with Crippen molar-refractivity contribution in [3.05, 3.63) is 24.2 Å². The summed E-state index contributed by atoms with van der Waals surface area (Å²) >= 11 is 0. The molecule has 0 aromatic carbocycles. The highest BCUT2D eigenvalue weighted by molar-refractivity contribution is 5.91. The number of hydrogen-bond acceptors (Lipinski definition) is 4. The van der Waals surface area contributed by atoms with Crippen molar-refractivity contribution >= 4 is 5.91 Å². The van der Waals surface area contributed by atoms with Crippen molar-refractivity contribution in [2.45, 2.75) is 25.0 Å². The van der Waals surface area contributed by atoms with Crippen LogP contribution in [-0.2, 0) is 0 Å². The van der Waals surface area contributed by atoms with Crippen LogP contribution in [0.1, 0.15) is 23.4 Å². The van der Waals surface area contributed by atoms with Crippen molar-refractivity contribution in [2.75, 3.05) is 6.61 Å². The molecule has 0 aliphatic heterocycles. The van der Waals surface area contributed by atoms with Gasteiger partial charge in [0.2, 0.25) is 0 Å². The van der Waals surface area contributed by atoms with Crippen molar-refractivity contribution in [3.63, 3.8) is 0 Å². The summed E-state index contributed by atoms with van der Waals surface area (Å²) in [5.41, 5.74) is 0. The van der Waals surface area contributed by atoms with E-state index in [1.165, 1.54) is 6.26 Å². The molecule has 1 fully saturated rings. The van der Waals surface area contributed by atoms with Gasteiger partial charge in [-0.1, -0.05) is 0 Å². The second-order valence-corrected chi connectivity index (χ2v) is 4.13. The van der Waals surface area contributed by atoms with Crippen LogP contribution in [-0.4, -0.2) is 34.9 Å². The highest BCUT2D eigenvalue weighted by atomic mass is 16.3. The summed E-state index contributed by atoms with van der Waals surface area (Å²) in [6, 6.07) is 3.14. The Hall–Kier alpha value is -1.33. The zero-order valence-corrected chi connectivity index (χ0v) is 8.80. The van der Waals surface area contributed by atoms with Crippen LogP contribution in [0.4, 0.5) is 0 Å². The highest BCUT2D eigenvalue weighted by Crippen LogP contribution is 2.25. The SMILES string of the molecule is O=C(N[C@H]1C[C@H](CO)[C@@H](O)C1)c1ccco1. The van der Waals surface area contributed by atoms with Gasteiger partial charge in [0.25, 0.3) is 5.91 Å². The molecule has 0 spiro atoms. The van der Waals surface area contributed by atoms with Gasteiger partial charge in [0, 0.05) is 18.6 Å². The molecular weight excluding hydrogens is 210 g/mol. The van der Waals surface area contributed by atoms with E-state index in [1.54, 1.807) is 12.1 Å². The zero-order valence-electron chi connectivity index (χ0n) is 8.80. The number of furan rings is 1. The molecule has 5 heteroatoms. The van der Waals surface area contributed by atoms with E-state index in [-0.39, 0.29) is 30.2 Å². The number of hydrogen-bond donors (Lipinski definition) is 3. The van der Waals surface area contributed by atoms with Crippen molar-refractivity contribution in [3.8, 4) is 0 Å². The molecule has 1 aliphatic carbocycles. The van der Waals surface area contributed by atoms with E-state index in [2.05, 4.69) is 5.32 Å². The van der Waals surface area contributed by atoms with Crippen molar-refractivity contribution in [1.29, 1.82) is 0 Å². The molecule has 0 saturated heterocycles. The largest absolute Gasteiger partial charge is 0.459 e. The maximum absolute atomic E-state index is 11.6. The predicted molar refractivity (Wildman–Crippen MR) is 55.8 cm³/mol. The Morgan fingerprint density at radius 1 is 1.56 bits per heavy atom. The molecule has 1 aromatic heterocycles. The zero-order chi connectivity index (χ0) is 11.5. The first kappa shape index (κ1) is 11.2. The summed E-state index contributed by atoms with van der Waals surface area (Å²) in [6.07, 6.45) is 1.99. The lowest BCUT2D eigenvalue weighted by Gasteiger charge is -2.10. The van der Waals surface area contributed by atoms with Gasteiger partial charge < -0.3 is 19.9 Å². The fourth-order valence-corrected chi connectivity index (χ4v) is 2.08. The molecule has 5 nitrogen and oxygen atoms in total. The molecule has 16 heavy (non-hydrogen) atoms. The Labute approximate surface area is 93.1 Å². The van der Waals surface area contributed by atoms with E-state index < -0.39 is 6.10 Å². The lowest BCUT2D eigenvalue weighted by molar-refractivity contribution is 0.0895. The third-order valence-electron chi connectivity index (χ3n) is 2.97. The summed E-state index contributed by atoms with van der Waals surface area (Å²) in [7, 11) is 0. The van der Waals surface area contributed by atoms with Gasteiger partial charge in [0.15, 0.2) is 5.76 Å². The van der Waals surface area contributed by atoms with Gasteiger partial charge in [-0.15, -0.1) is 0 Å². The monoisotopic (exact) mass is 225 g/mol. The fourth-order valence-electron chi connectivity index (χ4n) is 2.08. The van der Waals surface area contributed by atoms with E-state index in [9.17, 15) is 9.90 Å². The number of amides is 1. The molecule has 1 heterocycles. The predicted octanol–water partition coefficient (Wildman–Crippen LogP) is 0.141. The van der Waals surface area contributed by atoms with E-state index in [4.69, 9.17) is 9.52 Å². The van der Waals surface area contributed by atoms with Crippen LogP contribution < -0.4 is 5.32 Å². The first-order chi connectivity index (χ1) is 7.70. The molecule has 2 rings (SSSR count). The standard InChI is InChI=1S/C11H15NO4/c13-6-7-4-8(5-9(7)14)12-11(15)10-2-1-3-16-10/h1-3,7-9,13-14H,4-6H2,(H,12,15)/t7-,8+,9+/m1/s1.